The molecular formula is C17H21FN2O2. The summed E-state index contributed by atoms with van der Waals surface area (Å²) in [6, 6.07) is 6.48. The number of halogens is 1. The normalized spacial score (nSPS) is 11.8. The molecule has 0 radical (unpaired) electrons. The molecule has 0 aliphatic carbocycles. The van der Waals surface area contributed by atoms with Crippen molar-refractivity contribution in [2.45, 2.75) is 33.2 Å². The minimum Gasteiger partial charge on any atom is -0.481 e. The molecule has 0 fully saturated rings. The van der Waals surface area contributed by atoms with Crippen molar-refractivity contribution >= 4 is 16.9 Å². The van der Waals surface area contributed by atoms with E-state index in [1.54, 1.807) is 12.3 Å². The molecular weight excluding hydrogens is 283 g/mol. The van der Waals surface area contributed by atoms with Crippen LogP contribution in [0.15, 0.2) is 30.5 Å². The van der Waals surface area contributed by atoms with Crippen LogP contribution in [0.4, 0.5) is 4.39 Å². The van der Waals surface area contributed by atoms with Crippen LogP contribution in [0.25, 0.3) is 10.9 Å². The number of carboxylic acids is 1. The molecule has 0 unspecified atom stereocenters. The van der Waals surface area contributed by atoms with Gasteiger partial charge in [0.1, 0.15) is 5.82 Å². The van der Waals surface area contributed by atoms with E-state index in [9.17, 15) is 14.3 Å². The number of nitrogens with one attached hydrogen (secondary N) is 1. The lowest BCUT2D eigenvalue weighted by Crippen LogP contribution is -2.40. The highest BCUT2D eigenvalue weighted by Crippen LogP contribution is 2.26. The third-order valence-electron chi connectivity index (χ3n) is 4.33. The van der Waals surface area contributed by atoms with Crippen LogP contribution < -0.4 is 5.32 Å². The van der Waals surface area contributed by atoms with Gasteiger partial charge in [-0.15, -0.1) is 0 Å². The third-order valence-corrected chi connectivity index (χ3v) is 4.33. The molecule has 0 aliphatic rings. The van der Waals surface area contributed by atoms with Crippen LogP contribution in [-0.2, 0) is 11.3 Å². The van der Waals surface area contributed by atoms with Gasteiger partial charge < -0.3 is 10.4 Å². The standard InChI is InChI=1S/C17H21FN2O2/c1-3-17(4-2,16(21)22)11-19-10-13-9-14(18)8-12-6-5-7-20-15(12)13/h5-9,19H,3-4,10-11H2,1-2H3,(H,21,22). The highest BCUT2D eigenvalue weighted by atomic mass is 19.1. The van der Waals surface area contributed by atoms with Crippen molar-refractivity contribution in [3.8, 4) is 0 Å². The number of benzene rings is 1. The van der Waals surface area contributed by atoms with Gasteiger partial charge in [0.25, 0.3) is 0 Å². The number of fused-ring (bicyclic) bond motifs is 1. The van der Waals surface area contributed by atoms with Gasteiger partial charge in [-0.3, -0.25) is 9.78 Å². The molecule has 0 amide bonds. The van der Waals surface area contributed by atoms with E-state index in [1.807, 2.05) is 19.9 Å². The van der Waals surface area contributed by atoms with Gasteiger partial charge in [0.05, 0.1) is 10.9 Å². The Balaban J connectivity index is 2.17. The Bertz CT molecular complexity index is 669. The Morgan fingerprint density at radius 1 is 1.36 bits per heavy atom. The maximum Gasteiger partial charge on any atom is 0.310 e. The molecule has 2 N–H and O–H groups in total. The van der Waals surface area contributed by atoms with Gasteiger partial charge in [-0.1, -0.05) is 19.9 Å². The van der Waals surface area contributed by atoms with Crippen molar-refractivity contribution in [1.82, 2.24) is 10.3 Å². The molecule has 0 spiro atoms. The van der Waals surface area contributed by atoms with Gasteiger partial charge in [-0.05, 0) is 36.6 Å². The van der Waals surface area contributed by atoms with Crippen LogP contribution in [0, 0.1) is 11.2 Å². The van der Waals surface area contributed by atoms with Gasteiger partial charge in [0.15, 0.2) is 0 Å². The van der Waals surface area contributed by atoms with Crippen molar-refractivity contribution in [1.29, 1.82) is 0 Å². The van der Waals surface area contributed by atoms with Crippen molar-refractivity contribution in [2.75, 3.05) is 6.54 Å². The summed E-state index contributed by atoms with van der Waals surface area (Å²) < 4.78 is 13.7. The molecule has 0 atom stereocenters. The summed E-state index contributed by atoms with van der Waals surface area (Å²) in [5.74, 6) is -1.11. The molecule has 0 bridgehead atoms. The monoisotopic (exact) mass is 304 g/mol. The van der Waals surface area contributed by atoms with Gasteiger partial charge >= 0.3 is 5.97 Å². The number of aromatic nitrogens is 1. The van der Waals surface area contributed by atoms with Crippen LogP contribution in [0.2, 0.25) is 0 Å². The largest absolute Gasteiger partial charge is 0.481 e. The fourth-order valence-corrected chi connectivity index (χ4v) is 2.68. The molecule has 2 rings (SSSR count). The second-order valence-electron chi connectivity index (χ2n) is 5.54. The van der Waals surface area contributed by atoms with Crippen LogP contribution in [-0.4, -0.2) is 22.6 Å². The van der Waals surface area contributed by atoms with E-state index in [4.69, 9.17) is 0 Å². The minimum atomic E-state index is -0.799. The minimum absolute atomic E-state index is 0.312. The molecule has 0 saturated heterocycles. The molecule has 0 aliphatic heterocycles. The second kappa shape index (κ2) is 6.83. The summed E-state index contributed by atoms with van der Waals surface area (Å²) in [5.41, 5.74) is 0.698. The highest BCUT2D eigenvalue weighted by Gasteiger charge is 2.34. The summed E-state index contributed by atoms with van der Waals surface area (Å²) in [6.07, 6.45) is 2.77. The smallest absolute Gasteiger partial charge is 0.310 e. The number of pyridine rings is 1. The van der Waals surface area contributed by atoms with E-state index in [-0.39, 0.29) is 5.82 Å². The lowest BCUT2D eigenvalue weighted by Gasteiger charge is -2.27. The van der Waals surface area contributed by atoms with Gasteiger partial charge in [0.2, 0.25) is 0 Å². The predicted octanol–water partition coefficient (Wildman–Crippen LogP) is 3.35. The molecule has 118 valence electrons. The number of aliphatic carboxylic acids is 1. The molecule has 0 saturated carbocycles. The van der Waals surface area contributed by atoms with Gasteiger partial charge in [-0.2, -0.15) is 0 Å². The maximum absolute atomic E-state index is 13.7. The first kappa shape index (κ1) is 16.4. The fourth-order valence-electron chi connectivity index (χ4n) is 2.68. The Morgan fingerprint density at radius 3 is 2.73 bits per heavy atom. The summed E-state index contributed by atoms with van der Waals surface area (Å²) in [7, 11) is 0. The molecule has 2 aromatic rings. The topological polar surface area (TPSA) is 62.2 Å². The van der Waals surface area contributed by atoms with Crippen LogP contribution >= 0.6 is 0 Å². The SMILES string of the molecule is CCC(CC)(CNCc1cc(F)cc2cccnc12)C(=O)O. The van der Waals surface area contributed by atoms with E-state index in [0.717, 1.165) is 16.5 Å². The molecule has 1 aromatic carbocycles. The number of nitrogens with zero attached hydrogens (tertiary/aromatic N) is 1. The Kier molecular flexibility index (Phi) is 5.08. The Labute approximate surface area is 129 Å². The average Bonchev–Trinajstić information content (AvgIpc) is 2.51. The lowest BCUT2D eigenvalue weighted by atomic mass is 9.82. The first-order chi connectivity index (χ1) is 10.5. The van der Waals surface area contributed by atoms with E-state index in [0.29, 0.717) is 25.9 Å². The summed E-state index contributed by atoms with van der Waals surface area (Å²) in [6.45, 7) is 4.48. The van der Waals surface area contributed by atoms with Gasteiger partial charge in [0, 0.05) is 24.7 Å². The summed E-state index contributed by atoms with van der Waals surface area (Å²) >= 11 is 0. The average molecular weight is 304 g/mol. The highest BCUT2D eigenvalue weighted by molar-refractivity contribution is 5.81. The van der Waals surface area contributed by atoms with E-state index in [1.165, 1.54) is 12.1 Å². The van der Waals surface area contributed by atoms with Crippen molar-refractivity contribution in [2.24, 2.45) is 5.41 Å². The molecule has 1 heterocycles. The molecule has 22 heavy (non-hydrogen) atoms. The van der Waals surface area contributed by atoms with Crippen molar-refractivity contribution in [3.63, 3.8) is 0 Å². The lowest BCUT2D eigenvalue weighted by molar-refractivity contribution is -0.149. The Hall–Kier alpha value is -2.01. The third kappa shape index (κ3) is 3.25. The fraction of sp³-hybridized carbons (Fsp3) is 0.412. The molecule has 5 heteroatoms. The number of carboxylic acid groups (broad SMARTS) is 1. The second-order valence-corrected chi connectivity index (χ2v) is 5.54. The van der Waals surface area contributed by atoms with Crippen LogP contribution in [0.5, 0.6) is 0 Å². The first-order valence-corrected chi connectivity index (χ1v) is 7.49. The van der Waals surface area contributed by atoms with E-state index in [2.05, 4.69) is 10.3 Å². The van der Waals surface area contributed by atoms with Crippen molar-refractivity contribution in [3.05, 3.63) is 41.8 Å². The number of hydrogen-bond acceptors (Lipinski definition) is 3. The Morgan fingerprint density at radius 2 is 2.09 bits per heavy atom. The number of rotatable bonds is 7. The van der Waals surface area contributed by atoms with E-state index < -0.39 is 11.4 Å². The quantitative estimate of drug-likeness (QED) is 0.823. The number of carbonyl (C=O) groups is 1. The van der Waals surface area contributed by atoms with E-state index >= 15 is 0 Å². The molecule has 4 nitrogen and oxygen atoms in total. The maximum atomic E-state index is 13.7. The summed E-state index contributed by atoms with van der Waals surface area (Å²) in [4.78, 5) is 15.8. The predicted molar refractivity (Wildman–Crippen MR) is 84.1 cm³/mol. The zero-order valence-electron chi connectivity index (χ0n) is 12.9. The zero-order chi connectivity index (χ0) is 16.2. The summed E-state index contributed by atoms with van der Waals surface area (Å²) in [5, 5.41) is 13.3. The van der Waals surface area contributed by atoms with Gasteiger partial charge in [-0.25, -0.2) is 4.39 Å². The van der Waals surface area contributed by atoms with Crippen LogP contribution in [0.3, 0.4) is 0 Å². The number of hydrogen-bond donors (Lipinski definition) is 2. The zero-order valence-corrected chi connectivity index (χ0v) is 12.9. The van der Waals surface area contributed by atoms with Crippen LogP contribution in [0.1, 0.15) is 32.3 Å². The molecule has 1 aromatic heterocycles. The van der Waals surface area contributed by atoms with Crippen molar-refractivity contribution < 1.29 is 14.3 Å². The first-order valence-electron chi connectivity index (χ1n) is 7.49.